The molecular weight excluding hydrogens is 208 g/mol. The molecule has 0 saturated heterocycles. The van der Waals surface area contributed by atoms with E-state index in [1.54, 1.807) is 0 Å². The molecule has 6 nitrogen and oxygen atoms in total. The molecule has 0 amide bonds. The Morgan fingerprint density at radius 2 is 1.93 bits per heavy atom. The Morgan fingerprint density at radius 1 is 1.36 bits per heavy atom. The van der Waals surface area contributed by atoms with Gasteiger partial charge in [-0.1, -0.05) is 0 Å². The number of carboxylic acid groups (broad SMARTS) is 2. The molecule has 0 aliphatic carbocycles. The first-order valence-corrected chi connectivity index (χ1v) is 5.10. The van der Waals surface area contributed by atoms with E-state index >= 15 is 0 Å². The summed E-state index contributed by atoms with van der Waals surface area (Å²) in [7, 11) is 1.54. The Hall–Kier alpha value is -0.790. The Balaban J connectivity index is 3.71. The lowest BCUT2D eigenvalue weighted by atomic mass is 10.3. The van der Waals surface area contributed by atoms with Crippen molar-refractivity contribution in [2.45, 2.75) is 12.1 Å². The summed E-state index contributed by atoms with van der Waals surface area (Å²) < 4.78 is 0. The normalized spacial score (nSPS) is 14.7. The molecule has 0 aromatic heterocycles. The third-order valence-corrected chi connectivity index (χ3v) is 2.71. The van der Waals surface area contributed by atoms with Crippen LogP contribution in [-0.2, 0) is 9.59 Å². The molecule has 7 heteroatoms. The monoisotopic (exact) mass is 222 g/mol. The molecule has 0 radical (unpaired) electrons. The minimum atomic E-state index is -1.08. The summed E-state index contributed by atoms with van der Waals surface area (Å²) in [5.74, 6) is -1.52. The van der Waals surface area contributed by atoms with Crippen molar-refractivity contribution in [2.75, 3.05) is 18.6 Å². The fourth-order valence-corrected chi connectivity index (χ4v) is 1.74. The van der Waals surface area contributed by atoms with Crippen LogP contribution in [-0.4, -0.2) is 52.8 Å². The highest BCUT2D eigenvalue weighted by molar-refractivity contribution is 7.99. The molecule has 0 rings (SSSR count). The number of nitrogens with two attached hydrogens (primary N) is 1. The van der Waals surface area contributed by atoms with Gasteiger partial charge in [0.25, 0.3) is 0 Å². The standard InChI is InChI=1S/C7H14N2O4S/c1-9-5(7(12)13)3-14-2-4(8)6(10)11/h4-5,9H,2-3,8H2,1H3,(H,10,11)(H,12,13). The van der Waals surface area contributed by atoms with Gasteiger partial charge in [-0.25, -0.2) is 0 Å². The Morgan fingerprint density at radius 3 is 2.29 bits per heavy atom. The predicted molar refractivity (Wildman–Crippen MR) is 53.4 cm³/mol. The van der Waals surface area contributed by atoms with Crippen LogP contribution in [0.3, 0.4) is 0 Å². The van der Waals surface area contributed by atoms with Crippen molar-refractivity contribution in [2.24, 2.45) is 5.73 Å². The van der Waals surface area contributed by atoms with Crippen LogP contribution in [0.1, 0.15) is 0 Å². The third kappa shape index (κ3) is 5.05. The van der Waals surface area contributed by atoms with Crippen LogP contribution in [0.2, 0.25) is 0 Å². The number of hydrogen-bond donors (Lipinski definition) is 4. The predicted octanol–water partition coefficient (Wildman–Crippen LogP) is -1.20. The third-order valence-electron chi connectivity index (χ3n) is 1.55. The lowest BCUT2D eigenvalue weighted by Gasteiger charge is -2.11. The number of thioether (sulfide) groups is 1. The average molecular weight is 222 g/mol. The zero-order valence-electron chi connectivity index (χ0n) is 7.77. The molecule has 82 valence electrons. The molecule has 0 fully saturated rings. The molecule has 2 atom stereocenters. The molecule has 0 heterocycles. The first-order chi connectivity index (χ1) is 6.49. The van der Waals surface area contributed by atoms with Crippen LogP contribution in [0.15, 0.2) is 0 Å². The maximum atomic E-state index is 10.5. The lowest BCUT2D eigenvalue weighted by Crippen LogP contribution is -2.38. The van der Waals surface area contributed by atoms with E-state index in [-0.39, 0.29) is 5.75 Å². The average Bonchev–Trinajstić information content (AvgIpc) is 2.11. The number of nitrogens with one attached hydrogen (secondary N) is 1. The highest BCUT2D eigenvalue weighted by Crippen LogP contribution is 2.04. The maximum absolute atomic E-state index is 10.5. The highest BCUT2D eigenvalue weighted by atomic mass is 32.2. The van der Waals surface area contributed by atoms with E-state index < -0.39 is 24.0 Å². The van der Waals surface area contributed by atoms with Crippen LogP contribution in [0.25, 0.3) is 0 Å². The second-order valence-electron chi connectivity index (χ2n) is 2.66. The molecule has 0 aromatic carbocycles. The molecule has 0 aromatic rings. The van der Waals surface area contributed by atoms with E-state index in [0.717, 1.165) is 0 Å². The maximum Gasteiger partial charge on any atom is 0.321 e. The summed E-state index contributed by atoms with van der Waals surface area (Å²) in [5.41, 5.74) is 5.23. The highest BCUT2D eigenvalue weighted by Gasteiger charge is 2.17. The molecule has 5 N–H and O–H groups in total. The summed E-state index contributed by atoms with van der Waals surface area (Å²) in [6, 6.07) is -1.60. The van der Waals surface area contributed by atoms with Crippen molar-refractivity contribution in [1.82, 2.24) is 5.32 Å². The minimum Gasteiger partial charge on any atom is -0.480 e. The van der Waals surface area contributed by atoms with Gasteiger partial charge in [-0.15, -0.1) is 0 Å². The van der Waals surface area contributed by atoms with Gasteiger partial charge >= 0.3 is 11.9 Å². The number of likely N-dealkylation sites (N-methyl/N-ethyl adjacent to an activating group) is 1. The summed E-state index contributed by atoms with van der Waals surface area (Å²) in [4.78, 5) is 20.8. The number of rotatable bonds is 7. The van der Waals surface area contributed by atoms with Crippen LogP contribution < -0.4 is 11.1 Å². The minimum absolute atomic E-state index is 0.209. The quantitative estimate of drug-likeness (QED) is 0.428. The molecule has 14 heavy (non-hydrogen) atoms. The first kappa shape index (κ1) is 13.2. The number of aliphatic carboxylic acids is 2. The van der Waals surface area contributed by atoms with Crippen LogP contribution in [0, 0.1) is 0 Å². The van der Waals surface area contributed by atoms with Crippen LogP contribution in [0.5, 0.6) is 0 Å². The van der Waals surface area contributed by atoms with Gasteiger partial charge in [-0.3, -0.25) is 9.59 Å². The van der Waals surface area contributed by atoms with E-state index in [4.69, 9.17) is 15.9 Å². The van der Waals surface area contributed by atoms with Gasteiger partial charge in [-0.2, -0.15) is 11.8 Å². The largest absolute Gasteiger partial charge is 0.480 e. The number of carbonyl (C=O) groups is 2. The Labute approximate surface area is 85.9 Å². The zero-order chi connectivity index (χ0) is 11.1. The van der Waals surface area contributed by atoms with Crippen LogP contribution >= 0.6 is 11.8 Å². The molecule has 0 spiro atoms. The molecule has 0 aliphatic rings. The van der Waals surface area contributed by atoms with Crippen molar-refractivity contribution in [3.63, 3.8) is 0 Å². The van der Waals surface area contributed by atoms with Crippen molar-refractivity contribution >= 4 is 23.7 Å². The van der Waals surface area contributed by atoms with Crippen molar-refractivity contribution in [3.8, 4) is 0 Å². The molecule has 0 aliphatic heterocycles. The van der Waals surface area contributed by atoms with Crippen molar-refractivity contribution in [1.29, 1.82) is 0 Å². The van der Waals surface area contributed by atoms with E-state index in [1.807, 2.05) is 0 Å². The molecule has 0 bridgehead atoms. The smallest absolute Gasteiger partial charge is 0.321 e. The van der Waals surface area contributed by atoms with Gasteiger partial charge in [0.05, 0.1) is 0 Å². The molecular formula is C7H14N2O4S. The van der Waals surface area contributed by atoms with Gasteiger partial charge in [0.1, 0.15) is 12.1 Å². The topological polar surface area (TPSA) is 113 Å². The Kier molecular flexibility index (Phi) is 6.26. The van der Waals surface area contributed by atoms with Crippen molar-refractivity contribution in [3.05, 3.63) is 0 Å². The van der Waals surface area contributed by atoms with Gasteiger partial charge in [0.15, 0.2) is 0 Å². The Bertz CT molecular complexity index is 212. The summed E-state index contributed by atoms with van der Waals surface area (Å²) in [5, 5.41) is 19.7. The van der Waals surface area contributed by atoms with E-state index in [1.165, 1.54) is 18.8 Å². The van der Waals surface area contributed by atoms with Crippen LogP contribution in [0.4, 0.5) is 0 Å². The number of hydrogen-bond acceptors (Lipinski definition) is 5. The first-order valence-electron chi connectivity index (χ1n) is 3.95. The van der Waals surface area contributed by atoms with Gasteiger partial charge < -0.3 is 21.3 Å². The van der Waals surface area contributed by atoms with Crippen molar-refractivity contribution < 1.29 is 19.8 Å². The SMILES string of the molecule is CNC(CSCC(N)C(=O)O)C(=O)O. The summed E-state index contributed by atoms with van der Waals surface area (Å²) in [6.45, 7) is 0. The second-order valence-corrected chi connectivity index (χ2v) is 3.74. The lowest BCUT2D eigenvalue weighted by molar-refractivity contribution is -0.139. The van der Waals surface area contributed by atoms with Gasteiger partial charge in [0, 0.05) is 11.5 Å². The van der Waals surface area contributed by atoms with Gasteiger partial charge in [-0.05, 0) is 7.05 Å². The second kappa shape index (κ2) is 6.63. The fourth-order valence-electron chi connectivity index (χ4n) is 0.662. The molecule has 0 saturated carbocycles. The zero-order valence-corrected chi connectivity index (χ0v) is 8.58. The van der Waals surface area contributed by atoms with E-state index in [0.29, 0.717) is 5.75 Å². The van der Waals surface area contributed by atoms with E-state index in [9.17, 15) is 9.59 Å². The molecule has 2 unspecified atom stereocenters. The van der Waals surface area contributed by atoms with Gasteiger partial charge in [0.2, 0.25) is 0 Å². The summed E-state index contributed by atoms with van der Waals surface area (Å²) in [6.07, 6.45) is 0. The van der Waals surface area contributed by atoms with E-state index in [2.05, 4.69) is 5.32 Å². The fraction of sp³-hybridized carbons (Fsp3) is 0.714. The summed E-state index contributed by atoms with van der Waals surface area (Å²) >= 11 is 1.20. The number of carboxylic acids is 2.